The van der Waals surface area contributed by atoms with Crippen molar-refractivity contribution in [3.05, 3.63) is 29.4 Å². The Morgan fingerprint density at radius 2 is 1.64 bits per heavy atom. The molecule has 0 saturated heterocycles. The van der Waals surface area contributed by atoms with Crippen molar-refractivity contribution in [3.63, 3.8) is 0 Å². The second kappa shape index (κ2) is 23.5. The summed E-state index contributed by atoms with van der Waals surface area (Å²) in [5, 5.41) is 8.23. The van der Waals surface area contributed by atoms with E-state index in [-0.39, 0.29) is 19.1 Å². The molecule has 2 aromatic rings. The number of hydrogen-bond donors (Lipinski definition) is 1. The van der Waals surface area contributed by atoms with Gasteiger partial charge in [-0.2, -0.15) is 4.57 Å². The molecular weight excluding hydrogens is 581 g/mol. The summed E-state index contributed by atoms with van der Waals surface area (Å²) < 4.78 is 39.3. The van der Waals surface area contributed by atoms with E-state index < -0.39 is 26.6 Å². The maximum atomic E-state index is 12.1. The van der Waals surface area contributed by atoms with Crippen molar-refractivity contribution in [2.45, 2.75) is 116 Å². The molecule has 240 valence electrons. The maximum Gasteiger partial charge on any atom is 0.407 e. The molecule has 0 fully saturated rings. The van der Waals surface area contributed by atoms with Crippen molar-refractivity contribution in [2.24, 2.45) is 0 Å². The van der Waals surface area contributed by atoms with E-state index in [9.17, 15) is 14.3 Å². The van der Waals surface area contributed by atoms with Gasteiger partial charge in [0.25, 0.3) is 13.7 Å². The van der Waals surface area contributed by atoms with E-state index in [0.29, 0.717) is 13.1 Å². The third-order valence-electron chi connectivity index (χ3n) is 6.70. The molecule has 11 nitrogen and oxygen atoms in total. The second-order valence-electron chi connectivity index (χ2n) is 10.4. The summed E-state index contributed by atoms with van der Waals surface area (Å²) in [6.07, 6.45) is 20.8. The van der Waals surface area contributed by atoms with Crippen LogP contribution in [0.4, 0.5) is 4.79 Å². The number of nitrogens with one attached hydrogen (secondary N) is 1. The molecule has 42 heavy (non-hydrogen) atoms. The molecule has 2 heterocycles. The largest absolute Gasteiger partial charge is 0.756 e. The minimum absolute atomic E-state index is 0.0742. The number of ether oxygens (including phenoxy) is 2. The van der Waals surface area contributed by atoms with Crippen LogP contribution < -0.4 is 19.5 Å². The first-order chi connectivity index (χ1) is 20.5. The van der Waals surface area contributed by atoms with Crippen LogP contribution in [-0.4, -0.2) is 43.7 Å². The monoisotopic (exact) mass is 631 g/mol. The highest BCUT2D eigenvalue weighted by Crippen LogP contribution is 2.38. The number of unbranched alkanes of at least 4 members (excludes halogenated alkanes) is 14. The zero-order valence-electron chi connectivity index (χ0n) is 25.1. The standard InChI is InChI=1S/C29H50N3O8PS/c1-2-3-4-5-6-7-8-9-10-11-12-13-14-15-16-18-30-29(33)36-24-27(40-28-17-21-37-31-28)25-39-41(34,35)38-22-19-32-20-23-42-26-32/h17,20-21,23,26-27H,2-16,18-19,22,24-25H2,1H3,(H-,30,33,34,35)/t27-/m1/s1. The van der Waals surface area contributed by atoms with E-state index in [1.165, 1.54) is 101 Å². The Morgan fingerprint density at radius 3 is 2.21 bits per heavy atom. The van der Waals surface area contributed by atoms with Gasteiger partial charge in [0.05, 0.1) is 12.0 Å². The predicted octanol–water partition coefficient (Wildman–Crippen LogP) is 6.57. The third kappa shape index (κ3) is 19.3. The first kappa shape index (κ1) is 36.2. The number of phosphoric acid groups is 1. The zero-order chi connectivity index (χ0) is 30.1. The molecule has 0 aliphatic carbocycles. The number of hydrogen-bond acceptors (Lipinski definition) is 10. The number of phosphoric ester groups is 1. The van der Waals surface area contributed by atoms with Crippen LogP contribution >= 0.6 is 19.2 Å². The van der Waals surface area contributed by atoms with Crippen LogP contribution in [0.5, 0.6) is 5.88 Å². The fourth-order valence-electron chi connectivity index (χ4n) is 4.31. The van der Waals surface area contributed by atoms with Crippen molar-refractivity contribution in [1.82, 2.24) is 10.5 Å². The minimum Gasteiger partial charge on any atom is -0.756 e. The van der Waals surface area contributed by atoms with Crippen LogP contribution in [0.25, 0.3) is 0 Å². The predicted molar refractivity (Wildman–Crippen MR) is 159 cm³/mol. The zero-order valence-corrected chi connectivity index (χ0v) is 26.8. The van der Waals surface area contributed by atoms with Gasteiger partial charge in [0.2, 0.25) is 5.51 Å². The van der Waals surface area contributed by atoms with E-state index in [2.05, 4.69) is 17.4 Å². The highest BCUT2D eigenvalue weighted by atomic mass is 32.1. The van der Waals surface area contributed by atoms with Gasteiger partial charge in [0, 0.05) is 12.6 Å². The first-order valence-corrected chi connectivity index (χ1v) is 17.9. The Kier molecular flexibility index (Phi) is 20.2. The van der Waals surface area contributed by atoms with Crippen LogP contribution in [-0.2, 0) is 24.9 Å². The van der Waals surface area contributed by atoms with Crippen LogP contribution in [0, 0.1) is 0 Å². The van der Waals surface area contributed by atoms with Crippen LogP contribution in [0.1, 0.15) is 103 Å². The fourth-order valence-corrected chi connectivity index (χ4v) is 5.67. The van der Waals surface area contributed by atoms with E-state index in [4.69, 9.17) is 23.0 Å². The number of thiazole rings is 1. The molecule has 0 aromatic carbocycles. The van der Waals surface area contributed by atoms with Gasteiger partial charge in [-0.3, -0.25) is 4.57 Å². The van der Waals surface area contributed by atoms with Crippen molar-refractivity contribution < 1.29 is 41.9 Å². The van der Waals surface area contributed by atoms with E-state index in [1.807, 2.05) is 17.1 Å². The molecule has 0 bridgehead atoms. The van der Waals surface area contributed by atoms with E-state index >= 15 is 0 Å². The normalized spacial score (nSPS) is 13.5. The molecule has 2 aromatic heterocycles. The maximum absolute atomic E-state index is 12.1. The smallest absolute Gasteiger partial charge is 0.407 e. The van der Waals surface area contributed by atoms with Gasteiger partial charge in [0.1, 0.15) is 19.5 Å². The molecular formula is C29H50N3O8PS. The highest BCUT2D eigenvalue weighted by Gasteiger charge is 2.20. The molecule has 13 heteroatoms. The van der Waals surface area contributed by atoms with Crippen LogP contribution in [0.3, 0.4) is 0 Å². The van der Waals surface area contributed by atoms with Crippen molar-refractivity contribution >= 4 is 25.3 Å². The molecule has 1 N–H and O–H groups in total. The van der Waals surface area contributed by atoms with Gasteiger partial charge in [-0.1, -0.05) is 108 Å². The summed E-state index contributed by atoms with van der Waals surface area (Å²) in [7, 11) is -4.59. The Hall–Kier alpha value is -1.98. The topological polar surface area (TPSA) is 136 Å². The Morgan fingerprint density at radius 1 is 1.00 bits per heavy atom. The van der Waals surface area contributed by atoms with Crippen molar-refractivity contribution in [2.75, 3.05) is 26.4 Å². The van der Waals surface area contributed by atoms with Crippen LogP contribution in [0.15, 0.2) is 33.9 Å². The Bertz CT molecular complexity index is 949. The highest BCUT2D eigenvalue weighted by molar-refractivity contribution is 7.45. The van der Waals surface area contributed by atoms with Gasteiger partial charge in [-0.25, -0.2) is 4.79 Å². The average molecular weight is 632 g/mol. The summed E-state index contributed by atoms with van der Waals surface area (Å²) in [5.41, 5.74) is 1.84. The molecule has 1 amide bonds. The number of aromatic nitrogens is 2. The summed E-state index contributed by atoms with van der Waals surface area (Å²) in [5.74, 6) is 0.112. The fraction of sp³-hybridized carbons (Fsp3) is 0.759. The van der Waals surface area contributed by atoms with Crippen molar-refractivity contribution in [1.29, 1.82) is 0 Å². The SMILES string of the molecule is CCCCCCCCCCCCCCCCCNC(=O)OC[C@H](COP(=O)([O-])OCC[n+]1ccsc1)Oc1ccon1. The Labute approximate surface area is 254 Å². The number of amides is 1. The molecule has 0 radical (unpaired) electrons. The van der Waals surface area contributed by atoms with Gasteiger partial charge < -0.3 is 33.3 Å². The lowest BCUT2D eigenvalue weighted by molar-refractivity contribution is -0.693. The third-order valence-corrected chi connectivity index (χ3v) is 8.33. The number of alkyl carbamates (subject to hydrolysis) is 1. The average Bonchev–Trinajstić information content (AvgIpc) is 3.69. The lowest BCUT2D eigenvalue weighted by atomic mass is 10.0. The minimum atomic E-state index is -4.59. The van der Waals surface area contributed by atoms with Crippen molar-refractivity contribution in [3.8, 4) is 5.88 Å². The number of carbonyl (C=O) groups is 1. The molecule has 0 spiro atoms. The summed E-state index contributed by atoms with van der Waals surface area (Å²) in [6.45, 7) is 2.38. The lowest BCUT2D eigenvalue weighted by Crippen LogP contribution is -2.34. The molecule has 2 rings (SSSR count). The van der Waals surface area contributed by atoms with Gasteiger partial charge in [-0.15, -0.1) is 0 Å². The number of rotatable bonds is 27. The molecule has 0 saturated carbocycles. The van der Waals surface area contributed by atoms with E-state index in [0.717, 1.165) is 19.3 Å². The van der Waals surface area contributed by atoms with Crippen LogP contribution in [0.2, 0.25) is 0 Å². The summed E-state index contributed by atoms with van der Waals surface area (Å²) >= 11 is 1.49. The lowest BCUT2D eigenvalue weighted by Gasteiger charge is -2.25. The molecule has 1 unspecified atom stereocenters. The molecule has 2 atom stereocenters. The molecule has 0 aliphatic rings. The first-order valence-electron chi connectivity index (χ1n) is 15.5. The Balaban J connectivity index is 1.50. The van der Waals surface area contributed by atoms with Gasteiger partial charge >= 0.3 is 6.09 Å². The quantitative estimate of drug-likeness (QED) is 0.0659. The van der Waals surface area contributed by atoms with E-state index in [1.54, 1.807) is 4.57 Å². The second-order valence-corrected chi connectivity index (χ2v) is 12.6. The summed E-state index contributed by atoms with van der Waals surface area (Å²) in [4.78, 5) is 24.3. The number of carbonyl (C=O) groups excluding carboxylic acids is 1. The molecule has 0 aliphatic heterocycles. The number of nitrogens with zero attached hydrogens (tertiary/aromatic N) is 2. The van der Waals surface area contributed by atoms with Gasteiger partial charge in [0.15, 0.2) is 18.8 Å². The van der Waals surface area contributed by atoms with Gasteiger partial charge in [-0.05, 0) is 11.6 Å². The summed E-state index contributed by atoms with van der Waals surface area (Å²) in [6, 6.07) is 1.45.